The van der Waals surface area contributed by atoms with Crippen LogP contribution >= 0.6 is 0 Å². The summed E-state index contributed by atoms with van der Waals surface area (Å²) in [6.45, 7) is 3.78. The lowest BCUT2D eigenvalue weighted by molar-refractivity contribution is 0.576. The first-order chi connectivity index (χ1) is 13.1. The normalized spacial score (nSPS) is 11.3. The van der Waals surface area contributed by atoms with Gasteiger partial charge in [0.05, 0.1) is 11.0 Å². The van der Waals surface area contributed by atoms with E-state index in [4.69, 9.17) is 22.2 Å². The van der Waals surface area contributed by atoms with Gasteiger partial charge in [0.2, 0.25) is 0 Å². The summed E-state index contributed by atoms with van der Waals surface area (Å²) in [5.41, 5.74) is 19.8. The molecule has 2 heterocycles. The van der Waals surface area contributed by atoms with Gasteiger partial charge < -0.3 is 21.8 Å². The zero-order valence-electron chi connectivity index (χ0n) is 16.0. The van der Waals surface area contributed by atoms with Crippen molar-refractivity contribution in [2.24, 2.45) is 16.5 Å². The highest BCUT2D eigenvalue weighted by Gasteiger charge is 2.16. The van der Waals surface area contributed by atoms with Crippen molar-refractivity contribution in [2.45, 2.75) is 52.0 Å². The van der Waals surface area contributed by atoms with Gasteiger partial charge in [0.25, 0.3) is 0 Å². The van der Waals surface area contributed by atoms with Gasteiger partial charge >= 0.3 is 0 Å². The molecule has 0 spiro atoms. The Balaban J connectivity index is 1.91. The number of hydrogen-bond acceptors (Lipinski definition) is 4. The van der Waals surface area contributed by atoms with Crippen LogP contribution in [0.2, 0.25) is 0 Å². The van der Waals surface area contributed by atoms with Crippen molar-refractivity contribution in [3.8, 4) is 0 Å². The summed E-state index contributed by atoms with van der Waals surface area (Å²) < 4.78 is 2.34. The van der Waals surface area contributed by atoms with Gasteiger partial charge in [0.15, 0.2) is 11.8 Å². The lowest BCUT2D eigenvalue weighted by Crippen LogP contribution is -2.22. The fraction of sp³-hybridized carbons (Fsp3) is 0.450. The third kappa shape index (κ3) is 4.30. The van der Waals surface area contributed by atoms with E-state index in [0.29, 0.717) is 12.4 Å². The number of aliphatic imine (C=N–C) groups is 1. The quantitative estimate of drug-likeness (QED) is 0.305. The van der Waals surface area contributed by atoms with E-state index in [-0.39, 0.29) is 5.96 Å². The van der Waals surface area contributed by atoms with E-state index in [9.17, 15) is 0 Å². The van der Waals surface area contributed by atoms with E-state index in [2.05, 4.69) is 27.5 Å². The molecule has 0 saturated carbocycles. The molecule has 144 valence electrons. The minimum absolute atomic E-state index is 0.159. The molecule has 27 heavy (non-hydrogen) atoms. The molecule has 0 unspecified atom stereocenters. The summed E-state index contributed by atoms with van der Waals surface area (Å²) in [7, 11) is 0. The first-order valence-electron chi connectivity index (χ1n) is 9.70. The van der Waals surface area contributed by atoms with Gasteiger partial charge in [-0.15, -0.1) is 0 Å². The van der Waals surface area contributed by atoms with E-state index >= 15 is 0 Å². The van der Waals surface area contributed by atoms with Crippen molar-refractivity contribution in [3.63, 3.8) is 0 Å². The lowest BCUT2D eigenvalue weighted by atomic mass is 10.1. The Morgan fingerprint density at radius 3 is 2.67 bits per heavy atom. The fourth-order valence-electron chi connectivity index (χ4n) is 3.44. The third-order valence-electron chi connectivity index (χ3n) is 4.78. The molecule has 0 bridgehead atoms. The van der Waals surface area contributed by atoms with Crippen LogP contribution in [0, 0.1) is 0 Å². The van der Waals surface area contributed by atoms with Crippen molar-refractivity contribution < 1.29 is 0 Å². The van der Waals surface area contributed by atoms with Crippen molar-refractivity contribution in [3.05, 3.63) is 30.1 Å². The topological polar surface area (TPSA) is 121 Å². The second kappa shape index (κ2) is 8.70. The monoisotopic (exact) mass is 367 g/mol. The Morgan fingerprint density at radius 1 is 1.07 bits per heavy atom. The Labute approximate surface area is 159 Å². The molecule has 7 heteroatoms. The third-order valence-corrected chi connectivity index (χ3v) is 4.78. The molecular formula is C20H29N7. The molecular weight excluding hydrogens is 338 g/mol. The summed E-state index contributed by atoms with van der Waals surface area (Å²) in [6, 6.07) is 8.13. The molecule has 3 aromatic rings. The number of nitrogens with zero attached hydrogens (tertiary/aromatic N) is 4. The molecule has 0 saturated heterocycles. The number of para-hydroxylation sites is 1. The Bertz CT molecular complexity index is 938. The Morgan fingerprint density at radius 2 is 1.89 bits per heavy atom. The van der Waals surface area contributed by atoms with Crippen LogP contribution in [0.3, 0.4) is 0 Å². The van der Waals surface area contributed by atoms with E-state index in [0.717, 1.165) is 72.8 Å². The molecule has 2 aromatic heterocycles. The predicted octanol–water partition coefficient (Wildman–Crippen LogP) is 2.95. The molecule has 6 N–H and O–H groups in total. The molecule has 0 aliphatic rings. The summed E-state index contributed by atoms with van der Waals surface area (Å²) in [5.74, 6) is 1.76. The maximum absolute atomic E-state index is 6.23. The van der Waals surface area contributed by atoms with E-state index in [1.807, 2.05) is 18.2 Å². The number of guanidine groups is 1. The van der Waals surface area contributed by atoms with Crippen LogP contribution in [0.25, 0.3) is 21.9 Å². The maximum atomic E-state index is 6.23. The van der Waals surface area contributed by atoms with Crippen LogP contribution in [-0.4, -0.2) is 27.0 Å². The SMILES string of the molecule is CCCCc1nc2c(N)nc3ccccc3c2n1CCCCCN=C(N)N. The number of anilines is 1. The van der Waals surface area contributed by atoms with Crippen molar-refractivity contribution >= 4 is 33.7 Å². The largest absolute Gasteiger partial charge is 0.382 e. The first kappa shape index (κ1) is 18.9. The van der Waals surface area contributed by atoms with Crippen LogP contribution in [0.15, 0.2) is 29.3 Å². The van der Waals surface area contributed by atoms with Crippen LogP contribution in [0.1, 0.15) is 44.9 Å². The Kier molecular flexibility index (Phi) is 6.11. The predicted molar refractivity (Wildman–Crippen MR) is 113 cm³/mol. The minimum Gasteiger partial charge on any atom is -0.382 e. The van der Waals surface area contributed by atoms with Gasteiger partial charge in [-0.1, -0.05) is 31.5 Å². The zero-order valence-corrected chi connectivity index (χ0v) is 16.0. The summed E-state index contributed by atoms with van der Waals surface area (Å²) in [5, 5.41) is 1.11. The number of fused-ring (bicyclic) bond motifs is 3. The standard InChI is InChI=1S/C20H29N7/c1-2-3-11-16-26-17-18(14-9-5-6-10-15(14)25-19(17)21)27(16)13-8-4-7-12-24-20(22)23/h5-6,9-10H,2-4,7-8,11-13H2,1H3,(H2,21,25)(H4,22,23,24). The molecule has 0 aliphatic carbocycles. The highest BCUT2D eigenvalue weighted by atomic mass is 15.1. The Hall–Kier alpha value is -2.83. The number of aromatic nitrogens is 3. The van der Waals surface area contributed by atoms with Gasteiger partial charge in [-0.25, -0.2) is 9.97 Å². The molecule has 0 fully saturated rings. The molecule has 7 nitrogen and oxygen atoms in total. The van der Waals surface area contributed by atoms with Gasteiger partial charge in [0.1, 0.15) is 11.3 Å². The van der Waals surface area contributed by atoms with Crippen molar-refractivity contribution in [1.82, 2.24) is 14.5 Å². The van der Waals surface area contributed by atoms with Crippen LogP contribution < -0.4 is 17.2 Å². The zero-order chi connectivity index (χ0) is 19.2. The van der Waals surface area contributed by atoms with Gasteiger partial charge in [-0.05, 0) is 31.7 Å². The summed E-state index contributed by atoms with van der Waals surface area (Å²) >= 11 is 0. The molecule has 0 atom stereocenters. The summed E-state index contributed by atoms with van der Waals surface area (Å²) in [6.07, 6.45) is 6.27. The highest BCUT2D eigenvalue weighted by Crippen LogP contribution is 2.29. The highest BCUT2D eigenvalue weighted by molar-refractivity contribution is 6.06. The van der Waals surface area contributed by atoms with E-state index in [1.54, 1.807) is 0 Å². The average molecular weight is 368 g/mol. The summed E-state index contributed by atoms with van der Waals surface area (Å²) in [4.78, 5) is 13.4. The number of hydrogen-bond donors (Lipinski definition) is 3. The second-order valence-corrected chi connectivity index (χ2v) is 6.86. The minimum atomic E-state index is 0.159. The van der Waals surface area contributed by atoms with Crippen molar-refractivity contribution in [2.75, 3.05) is 12.3 Å². The molecule has 0 aliphatic heterocycles. The number of nitrogens with two attached hydrogens (primary N) is 3. The van der Waals surface area contributed by atoms with E-state index < -0.39 is 0 Å². The maximum Gasteiger partial charge on any atom is 0.185 e. The number of rotatable bonds is 9. The number of benzene rings is 1. The molecule has 3 rings (SSSR count). The lowest BCUT2D eigenvalue weighted by Gasteiger charge is -2.11. The number of unbranched alkanes of at least 4 members (excludes halogenated alkanes) is 3. The number of nitrogen functional groups attached to an aromatic ring is 1. The van der Waals surface area contributed by atoms with E-state index in [1.165, 1.54) is 0 Å². The first-order valence-corrected chi connectivity index (χ1v) is 9.70. The van der Waals surface area contributed by atoms with Crippen LogP contribution in [0.4, 0.5) is 5.82 Å². The number of imidazole rings is 1. The number of pyridine rings is 1. The van der Waals surface area contributed by atoms with Gasteiger partial charge in [0, 0.05) is 24.9 Å². The molecule has 0 amide bonds. The van der Waals surface area contributed by atoms with Crippen LogP contribution in [0.5, 0.6) is 0 Å². The van der Waals surface area contributed by atoms with Crippen molar-refractivity contribution in [1.29, 1.82) is 0 Å². The molecule has 1 aromatic carbocycles. The smallest absolute Gasteiger partial charge is 0.185 e. The van der Waals surface area contributed by atoms with Gasteiger partial charge in [-0.3, -0.25) is 4.99 Å². The molecule has 0 radical (unpaired) electrons. The van der Waals surface area contributed by atoms with Crippen LogP contribution in [-0.2, 0) is 13.0 Å². The average Bonchev–Trinajstić information content (AvgIpc) is 3.02. The second-order valence-electron chi connectivity index (χ2n) is 6.86. The fourth-order valence-corrected chi connectivity index (χ4v) is 3.44. The number of aryl methyl sites for hydroxylation is 2. The van der Waals surface area contributed by atoms with Gasteiger partial charge in [-0.2, -0.15) is 0 Å².